The number of halogens is 1. The van der Waals surface area contributed by atoms with Crippen molar-refractivity contribution in [2.75, 3.05) is 0 Å². The van der Waals surface area contributed by atoms with Gasteiger partial charge in [-0.3, -0.25) is 4.40 Å². The van der Waals surface area contributed by atoms with E-state index >= 15 is 0 Å². The maximum Gasteiger partial charge on any atom is 0.488 e. The highest BCUT2D eigenvalue weighted by Gasteiger charge is 2.14. The van der Waals surface area contributed by atoms with Crippen LogP contribution in [0, 0.1) is 5.82 Å². The van der Waals surface area contributed by atoms with Crippen molar-refractivity contribution >= 4 is 18.2 Å². The molecule has 1 aromatic carbocycles. The summed E-state index contributed by atoms with van der Waals surface area (Å²) < 4.78 is 16.0. The molecule has 0 aliphatic heterocycles. The average Bonchev–Trinajstić information content (AvgIpc) is 2.75. The molecule has 0 spiro atoms. The van der Waals surface area contributed by atoms with Gasteiger partial charge >= 0.3 is 12.8 Å². The fourth-order valence-corrected chi connectivity index (χ4v) is 2.16. The Morgan fingerprint density at radius 1 is 1.24 bits per heavy atom. The predicted molar refractivity (Wildman–Crippen MR) is 74.8 cm³/mol. The van der Waals surface area contributed by atoms with Gasteiger partial charge in [-0.1, -0.05) is 12.1 Å². The molecular formula is C13H11BFN3O3. The summed E-state index contributed by atoms with van der Waals surface area (Å²) in [5, 5.41) is 22.3. The SMILES string of the molecule is O=c1n(Cc2cc(F)cc(B(O)O)c2)nc2ccccn12. The molecule has 0 unspecified atom stereocenters. The lowest BCUT2D eigenvalue weighted by Crippen LogP contribution is -2.31. The summed E-state index contributed by atoms with van der Waals surface area (Å²) in [6.45, 7) is 0.0397. The summed E-state index contributed by atoms with van der Waals surface area (Å²) in [6.07, 6.45) is 1.59. The van der Waals surface area contributed by atoms with Crippen molar-refractivity contribution in [3.63, 3.8) is 0 Å². The van der Waals surface area contributed by atoms with Gasteiger partial charge in [0.1, 0.15) is 5.82 Å². The first kappa shape index (κ1) is 13.5. The fourth-order valence-electron chi connectivity index (χ4n) is 2.16. The quantitative estimate of drug-likeness (QED) is 0.628. The van der Waals surface area contributed by atoms with E-state index in [-0.39, 0.29) is 17.7 Å². The highest BCUT2D eigenvalue weighted by molar-refractivity contribution is 6.58. The van der Waals surface area contributed by atoms with E-state index in [0.717, 1.165) is 6.07 Å². The summed E-state index contributed by atoms with van der Waals surface area (Å²) in [5.41, 5.74) is 0.590. The Morgan fingerprint density at radius 3 is 2.76 bits per heavy atom. The van der Waals surface area contributed by atoms with Crippen LogP contribution in [0.1, 0.15) is 5.56 Å². The molecule has 8 heteroatoms. The molecule has 0 radical (unpaired) electrons. The molecule has 0 aliphatic rings. The van der Waals surface area contributed by atoms with Gasteiger partial charge in [-0.2, -0.15) is 0 Å². The van der Waals surface area contributed by atoms with Gasteiger partial charge in [0.25, 0.3) is 0 Å². The van der Waals surface area contributed by atoms with Crippen LogP contribution in [0.25, 0.3) is 5.65 Å². The first-order chi connectivity index (χ1) is 10.0. The Balaban J connectivity index is 2.02. The van der Waals surface area contributed by atoms with Crippen LogP contribution in [0.15, 0.2) is 47.4 Å². The smallest absolute Gasteiger partial charge is 0.423 e. The molecule has 0 amide bonds. The lowest BCUT2D eigenvalue weighted by atomic mass is 9.79. The maximum absolute atomic E-state index is 13.5. The number of pyridine rings is 1. The largest absolute Gasteiger partial charge is 0.488 e. The second-order valence-electron chi connectivity index (χ2n) is 4.64. The van der Waals surface area contributed by atoms with Crippen molar-refractivity contribution in [2.45, 2.75) is 6.54 Å². The third-order valence-corrected chi connectivity index (χ3v) is 3.10. The van der Waals surface area contributed by atoms with Gasteiger partial charge < -0.3 is 10.0 Å². The Hall–Kier alpha value is -2.45. The first-order valence-corrected chi connectivity index (χ1v) is 6.24. The Kier molecular flexibility index (Phi) is 3.32. The van der Waals surface area contributed by atoms with E-state index in [9.17, 15) is 9.18 Å². The van der Waals surface area contributed by atoms with Crippen LogP contribution in [0.2, 0.25) is 0 Å². The molecule has 106 valence electrons. The van der Waals surface area contributed by atoms with Gasteiger partial charge in [-0.15, -0.1) is 5.10 Å². The molecule has 0 saturated heterocycles. The topological polar surface area (TPSA) is 79.8 Å². The van der Waals surface area contributed by atoms with Gasteiger partial charge in [-0.25, -0.2) is 13.9 Å². The number of fused-ring (bicyclic) bond motifs is 1. The number of nitrogens with zero attached hydrogens (tertiary/aromatic N) is 3. The molecular weight excluding hydrogens is 276 g/mol. The van der Waals surface area contributed by atoms with E-state index in [1.165, 1.54) is 21.2 Å². The number of hydrogen-bond donors (Lipinski definition) is 2. The van der Waals surface area contributed by atoms with E-state index in [0.29, 0.717) is 11.2 Å². The lowest BCUT2D eigenvalue weighted by molar-refractivity contribution is 0.425. The lowest BCUT2D eigenvalue weighted by Gasteiger charge is -2.05. The molecule has 3 aromatic rings. The predicted octanol–water partition coefficient (Wildman–Crippen LogP) is -0.637. The standard InChI is InChI=1S/C13H11BFN3O3/c15-11-6-9(5-10(7-11)14(20)21)8-18-13(19)17-4-2-1-3-12(17)16-18/h1-7,20-21H,8H2. The number of hydrogen-bond acceptors (Lipinski definition) is 4. The molecule has 0 fully saturated rings. The van der Waals surface area contributed by atoms with E-state index in [1.54, 1.807) is 24.4 Å². The molecule has 2 aromatic heterocycles. The minimum Gasteiger partial charge on any atom is -0.423 e. The number of rotatable bonds is 3. The van der Waals surface area contributed by atoms with Crippen molar-refractivity contribution < 1.29 is 14.4 Å². The normalized spacial score (nSPS) is 11.0. The van der Waals surface area contributed by atoms with Crippen LogP contribution in [-0.4, -0.2) is 31.3 Å². The summed E-state index contributed by atoms with van der Waals surface area (Å²) in [6, 6.07) is 8.83. The molecule has 2 N–H and O–H groups in total. The minimum atomic E-state index is -1.77. The average molecular weight is 287 g/mol. The van der Waals surface area contributed by atoms with Crippen molar-refractivity contribution in [1.29, 1.82) is 0 Å². The zero-order chi connectivity index (χ0) is 15.0. The molecule has 0 bridgehead atoms. The highest BCUT2D eigenvalue weighted by Crippen LogP contribution is 2.04. The third kappa shape index (κ3) is 2.58. The van der Waals surface area contributed by atoms with Gasteiger partial charge in [-0.05, 0) is 35.3 Å². The highest BCUT2D eigenvalue weighted by atomic mass is 19.1. The Morgan fingerprint density at radius 2 is 2.05 bits per heavy atom. The van der Waals surface area contributed by atoms with E-state index in [4.69, 9.17) is 10.0 Å². The van der Waals surface area contributed by atoms with Gasteiger partial charge in [0.15, 0.2) is 5.65 Å². The molecule has 21 heavy (non-hydrogen) atoms. The molecule has 0 saturated carbocycles. The second kappa shape index (κ2) is 5.15. The number of benzene rings is 1. The summed E-state index contributed by atoms with van der Waals surface area (Å²) in [5.74, 6) is -0.604. The van der Waals surface area contributed by atoms with E-state index in [1.807, 2.05) is 0 Å². The van der Waals surface area contributed by atoms with Gasteiger partial charge in [0.05, 0.1) is 6.54 Å². The second-order valence-corrected chi connectivity index (χ2v) is 4.64. The minimum absolute atomic E-state index is 0.0295. The van der Waals surface area contributed by atoms with Gasteiger partial charge in [0.2, 0.25) is 0 Å². The third-order valence-electron chi connectivity index (χ3n) is 3.10. The molecule has 6 nitrogen and oxygen atoms in total. The molecule has 0 atom stereocenters. The van der Waals surface area contributed by atoms with E-state index in [2.05, 4.69) is 5.10 Å². The summed E-state index contributed by atoms with van der Waals surface area (Å²) in [7, 11) is -1.77. The molecule has 0 aliphatic carbocycles. The maximum atomic E-state index is 13.5. The Labute approximate surface area is 118 Å². The van der Waals surface area contributed by atoms with Crippen LogP contribution in [0.5, 0.6) is 0 Å². The molecule has 3 rings (SSSR count). The summed E-state index contributed by atoms with van der Waals surface area (Å²) in [4.78, 5) is 12.1. The first-order valence-electron chi connectivity index (χ1n) is 6.24. The van der Waals surface area contributed by atoms with Crippen molar-refractivity contribution in [1.82, 2.24) is 14.2 Å². The molecule has 2 heterocycles. The van der Waals surface area contributed by atoms with Crippen molar-refractivity contribution in [3.05, 3.63) is 64.5 Å². The van der Waals surface area contributed by atoms with Gasteiger partial charge in [0, 0.05) is 6.20 Å². The monoisotopic (exact) mass is 287 g/mol. The van der Waals surface area contributed by atoms with Crippen LogP contribution >= 0.6 is 0 Å². The van der Waals surface area contributed by atoms with E-state index < -0.39 is 12.9 Å². The van der Waals surface area contributed by atoms with Crippen LogP contribution in [0.4, 0.5) is 4.39 Å². The van der Waals surface area contributed by atoms with Crippen LogP contribution in [0.3, 0.4) is 0 Å². The Bertz CT molecular complexity index is 859. The fraction of sp³-hybridized carbons (Fsp3) is 0.0769. The zero-order valence-corrected chi connectivity index (χ0v) is 10.8. The van der Waals surface area contributed by atoms with Crippen molar-refractivity contribution in [2.24, 2.45) is 0 Å². The van der Waals surface area contributed by atoms with Crippen LogP contribution < -0.4 is 11.2 Å². The summed E-state index contributed by atoms with van der Waals surface area (Å²) >= 11 is 0. The van der Waals surface area contributed by atoms with Crippen molar-refractivity contribution in [3.8, 4) is 0 Å². The number of aromatic nitrogens is 3. The van der Waals surface area contributed by atoms with Crippen LogP contribution in [-0.2, 0) is 6.54 Å². The zero-order valence-electron chi connectivity index (χ0n) is 10.8.